The van der Waals surface area contributed by atoms with Crippen molar-refractivity contribution in [3.63, 3.8) is 0 Å². The molecule has 7 heteroatoms. The van der Waals surface area contributed by atoms with E-state index in [0.717, 1.165) is 19.0 Å². The van der Waals surface area contributed by atoms with Gasteiger partial charge in [-0.3, -0.25) is 9.59 Å². The quantitative estimate of drug-likeness (QED) is 0.584. The predicted molar refractivity (Wildman–Crippen MR) is 75.0 cm³/mol. The van der Waals surface area contributed by atoms with E-state index in [1.54, 1.807) is 0 Å². The summed E-state index contributed by atoms with van der Waals surface area (Å²) in [4.78, 5) is 23.3. The van der Waals surface area contributed by atoms with Gasteiger partial charge in [-0.1, -0.05) is 6.07 Å². The van der Waals surface area contributed by atoms with Crippen molar-refractivity contribution in [3.8, 4) is 0 Å². The molecule has 1 aliphatic rings. The Morgan fingerprint density at radius 1 is 1.38 bits per heavy atom. The number of carbonyl (C=O) groups is 2. The molecule has 114 valence electrons. The van der Waals surface area contributed by atoms with Crippen molar-refractivity contribution in [1.29, 1.82) is 0 Å². The summed E-state index contributed by atoms with van der Waals surface area (Å²) in [6, 6.07) is 5.30. The van der Waals surface area contributed by atoms with Crippen molar-refractivity contribution in [2.75, 3.05) is 25.0 Å². The topological polar surface area (TPSA) is 90.5 Å². The van der Waals surface area contributed by atoms with E-state index in [9.17, 15) is 19.1 Å². The second-order valence-corrected chi connectivity index (χ2v) is 4.99. The molecule has 0 bridgehead atoms. The van der Waals surface area contributed by atoms with Crippen molar-refractivity contribution in [2.45, 2.75) is 12.5 Å². The van der Waals surface area contributed by atoms with E-state index in [-0.39, 0.29) is 18.2 Å². The van der Waals surface area contributed by atoms with Gasteiger partial charge in [-0.2, -0.15) is 0 Å². The van der Waals surface area contributed by atoms with Crippen LogP contribution in [0.1, 0.15) is 6.42 Å². The minimum atomic E-state index is -0.857. The maximum Gasteiger partial charge on any atom is 0.313 e. The maximum atomic E-state index is 13.0. The molecule has 0 spiro atoms. The standard InChI is InChI=1S/C14H18FN3O3/c15-10-2-1-3-11(6-10)18-14(21)13(20)17-7-9-4-5-16-8-12(9)19/h1-3,6,9,12,16,19H,4-5,7-8H2,(H,17,20)(H,18,21)/t9-,12+/m0/s1. The number of β-amino-alcohol motifs (C(OH)–C–C–N with tert-alkyl or cyclic N) is 1. The molecule has 1 aliphatic heterocycles. The number of piperidine rings is 1. The van der Waals surface area contributed by atoms with Crippen LogP contribution in [0.5, 0.6) is 0 Å². The fourth-order valence-corrected chi connectivity index (χ4v) is 2.19. The molecule has 1 aromatic carbocycles. The molecule has 2 atom stereocenters. The maximum absolute atomic E-state index is 13.0. The van der Waals surface area contributed by atoms with Crippen LogP contribution in [0.15, 0.2) is 24.3 Å². The zero-order valence-corrected chi connectivity index (χ0v) is 11.4. The average Bonchev–Trinajstić information content (AvgIpc) is 2.46. The van der Waals surface area contributed by atoms with Gasteiger partial charge in [-0.15, -0.1) is 0 Å². The highest BCUT2D eigenvalue weighted by atomic mass is 19.1. The lowest BCUT2D eigenvalue weighted by Crippen LogP contribution is -2.47. The van der Waals surface area contributed by atoms with Crippen LogP contribution in [0.3, 0.4) is 0 Å². The summed E-state index contributed by atoms with van der Waals surface area (Å²) in [6.45, 7) is 1.49. The molecule has 1 aromatic rings. The predicted octanol–water partition coefficient (Wildman–Crippen LogP) is -0.149. The normalized spacial score (nSPS) is 21.6. The number of hydrogen-bond donors (Lipinski definition) is 4. The molecule has 2 rings (SSSR count). The van der Waals surface area contributed by atoms with E-state index in [1.165, 1.54) is 18.2 Å². The highest BCUT2D eigenvalue weighted by Crippen LogP contribution is 2.11. The van der Waals surface area contributed by atoms with Gasteiger partial charge in [0.05, 0.1) is 6.10 Å². The lowest BCUT2D eigenvalue weighted by molar-refractivity contribution is -0.136. The van der Waals surface area contributed by atoms with Crippen LogP contribution in [0.2, 0.25) is 0 Å². The van der Waals surface area contributed by atoms with Crippen molar-refractivity contribution in [3.05, 3.63) is 30.1 Å². The Kier molecular flexibility index (Phi) is 5.24. The van der Waals surface area contributed by atoms with Gasteiger partial charge in [0.2, 0.25) is 0 Å². The second kappa shape index (κ2) is 7.14. The van der Waals surface area contributed by atoms with Crippen molar-refractivity contribution >= 4 is 17.5 Å². The number of halogens is 1. The van der Waals surface area contributed by atoms with E-state index in [0.29, 0.717) is 6.54 Å². The number of hydrogen-bond acceptors (Lipinski definition) is 4. The summed E-state index contributed by atoms with van der Waals surface area (Å²) in [6.07, 6.45) is 0.192. The summed E-state index contributed by atoms with van der Waals surface area (Å²) < 4.78 is 13.0. The molecule has 0 unspecified atom stereocenters. The Hall–Kier alpha value is -1.99. The third-order valence-electron chi connectivity index (χ3n) is 3.40. The number of anilines is 1. The molecule has 21 heavy (non-hydrogen) atoms. The lowest BCUT2D eigenvalue weighted by Gasteiger charge is -2.28. The first-order valence-electron chi connectivity index (χ1n) is 6.80. The van der Waals surface area contributed by atoms with E-state index >= 15 is 0 Å². The summed E-state index contributed by atoms with van der Waals surface area (Å²) in [5.41, 5.74) is 0.219. The average molecular weight is 295 g/mol. The summed E-state index contributed by atoms with van der Waals surface area (Å²) in [7, 11) is 0. The van der Waals surface area contributed by atoms with E-state index in [2.05, 4.69) is 16.0 Å². The van der Waals surface area contributed by atoms with E-state index < -0.39 is 23.7 Å². The number of amides is 2. The Morgan fingerprint density at radius 3 is 2.90 bits per heavy atom. The first-order valence-corrected chi connectivity index (χ1v) is 6.80. The van der Waals surface area contributed by atoms with Crippen molar-refractivity contribution < 1.29 is 19.1 Å². The molecular formula is C14H18FN3O3. The first-order chi connectivity index (χ1) is 10.1. The van der Waals surface area contributed by atoms with Crippen LogP contribution in [-0.4, -0.2) is 42.7 Å². The minimum absolute atomic E-state index is 0.0721. The third kappa shape index (κ3) is 4.51. The summed E-state index contributed by atoms with van der Waals surface area (Å²) >= 11 is 0. The Bertz CT molecular complexity index is 524. The smallest absolute Gasteiger partial charge is 0.313 e. The molecule has 1 heterocycles. The Morgan fingerprint density at radius 2 is 2.19 bits per heavy atom. The van der Waals surface area contributed by atoms with Gasteiger partial charge in [0.25, 0.3) is 0 Å². The van der Waals surface area contributed by atoms with Gasteiger partial charge < -0.3 is 21.1 Å². The number of aliphatic hydroxyl groups excluding tert-OH is 1. The Labute approximate surface area is 121 Å². The highest BCUT2D eigenvalue weighted by Gasteiger charge is 2.24. The molecule has 0 radical (unpaired) electrons. The molecule has 2 amide bonds. The zero-order chi connectivity index (χ0) is 15.2. The van der Waals surface area contributed by atoms with Crippen LogP contribution >= 0.6 is 0 Å². The van der Waals surface area contributed by atoms with Crippen LogP contribution in [0, 0.1) is 11.7 Å². The largest absolute Gasteiger partial charge is 0.391 e. The SMILES string of the molecule is O=C(NC[C@@H]1CCNC[C@H]1O)C(=O)Nc1cccc(F)c1. The molecule has 0 aliphatic carbocycles. The number of benzene rings is 1. The van der Waals surface area contributed by atoms with Gasteiger partial charge in [-0.05, 0) is 31.2 Å². The van der Waals surface area contributed by atoms with Gasteiger partial charge in [0.15, 0.2) is 0 Å². The number of rotatable bonds is 3. The summed E-state index contributed by atoms with van der Waals surface area (Å²) in [5, 5.41) is 17.6. The molecule has 1 fully saturated rings. The minimum Gasteiger partial charge on any atom is -0.391 e. The number of carbonyl (C=O) groups excluding carboxylic acids is 2. The highest BCUT2D eigenvalue weighted by molar-refractivity contribution is 6.39. The van der Waals surface area contributed by atoms with Crippen LogP contribution in [0.4, 0.5) is 10.1 Å². The number of aliphatic hydroxyl groups is 1. The molecule has 1 saturated heterocycles. The monoisotopic (exact) mass is 295 g/mol. The number of nitrogens with one attached hydrogen (secondary N) is 3. The van der Waals surface area contributed by atoms with E-state index in [4.69, 9.17) is 0 Å². The zero-order valence-electron chi connectivity index (χ0n) is 11.4. The molecule has 4 N–H and O–H groups in total. The first kappa shape index (κ1) is 15.4. The van der Waals surface area contributed by atoms with Crippen molar-refractivity contribution in [1.82, 2.24) is 10.6 Å². The fourth-order valence-electron chi connectivity index (χ4n) is 2.19. The summed E-state index contributed by atoms with van der Waals surface area (Å²) in [5.74, 6) is -2.22. The van der Waals surface area contributed by atoms with Crippen LogP contribution in [0.25, 0.3) is 0 Å². The third-order valence-corrected chi connectivity index (χ3v) is 3.40. The van der Waals surface area contributed by atoms with Gasteiger partial charge in [0.1, 0.15) is 5.82 Å². The Balaban J connectivity index is 1.81. The van der Waals surface area contributed by atoms with Gasteiger partial charge in [0, 0.05) is 24.7 Å². The molecular weight excluding hydrogens is 277 g/mol. The molecule has 0 saturated carbocycles. The van der Waals surface area contributed by atoms with Gasteiger partial charge >= 0.3 is 11.8 Å². The lowest BCUT2D eigenvalue weighted by atomic mass is 9.95. The fraction of sp³-hybridized carbons (Fsp3) is 0.429. The molecule has 6 nitrogen and oxygen atoms in total. The van der Waals surface area contributed by atoms with Gasteiger partial charge in [-0.25, -0.2) is 4.39 Å². The van der Waals surface area contributed by atoms with Crippen LogP contribution < -0.4 is 16.0 Å². The second-order valence-electron chi connectivity index (χ2n) is 4.99. The van der Waals surface area contributed by atoms with E-state index in [1.807, 2.05) is 0 Å². The van der Waals surface area contributed by atoms with Crippen molar-refractivity contribution in [2.24, 2.45) is 5.92 Å². The van der Waals surface area contributed by atoms with Crippen LogP contribution in [-0.2, 0) is 9.59 Å². The molecule has 0 aromatic heterocycles.